The van der Waals surface area contributed by atoms with Gasteiger partial charge in [-0.25, -0.2) is 9.37 Å². The van der Waals surface area contributed by atoms with Gasteiger partial charge in [-0.15, -0.1) is 0 Å². The largest absolute Gasteiger partial charge is 0.310 e. The molecule has 0 amide bonds. The van der Waals surface area contributed by atoms with Crippen LogP contribution < -0.4 is 5.56 Å². The van der Waals surface area contributed by atoms with E-state index in [2.05, 4.69) is 9.97 Å². The highest BCUT2D eigenvalue weighted by Gasteiger charge is 2.18. The number of halogens is 2. The zero-order chi connectivity index (χ0) is 14.2. The van der Waals surface area contributed by atoms with Gasteiger partial charge in [0, 0.05) is 17.0 Å². The van der Waals surface area contributed by atoms with E-state index >= 15 is 0 Å². The highest BCUT2D eigenvalue weighted by atomic mass is 35.5. The molecule has 3 nitrogen and oxygen atoms in total. The first-order chi connectivity index (χ1) is 8.77. The Kier molecular flexibility index (Phi) is 3.45. The van der Waals surface area contributed by atoms with Crippen LogP contribution in [0.15, 0.2) is 29.1 Å². The molecule has 0 radical (unpaired) electrons. The third-order valence-electron chi connectivity index (χ3n) is 2.67. The number of rotatable bonds is 1. The van der Waals surface area contributed by atoms with Crippen molar-refractivity contribution in [3.8, 4) is 11.3 Å². The lowest BCUT2D eigenvalue weighted by atomic mass is 9.95. The number of H-pyrrole nitrogens is 1. The summed E-state index contributed by atoms with van der Waals surface area (Å²) in [5.74, 6) is 0.0850. The van der Waals surface area contributed by atoms with Gasteiger partial charge in [0.05, 0.1) is 10.7 Å². The van der Waals surface area contributed by atoms with Crippen LogP contribution in [0.1, 0.15) is 26.6 Å². The van der Waals surface area contributed by atoms with Crippen molar-refractivity contribution in [2.24, 2.45) is 0 Å². The van der Waals surface area contributed by atoms with Crippen molar-refractivity contribution in [1.82, 2.24) is 9.97 Å². The van der Waals surface area contributed by atoms with Crippen LogP contribution >= 0.6 is 11.6 Å². The van der Waals surface area contributed by atoms with Crippen LogP contribution in [0.2, 0.25) is 5.02 Å². The molecular weight excluding hydrogens is 267 g/mol. The molecule has 0 aliphatic heterocycles. The quantitative estimate of drug-likeness (QED) is 0.868. The Morgan fingerprint density at radius 3 is 2.53 bits per heavy atom. The molecule has 0 aliphatic rings. The van der Waals surface area contributed by atoms with Gasteiger partial charge in [-0.2, -0.15) is 0 Å². The summed E-state index contributed by atoms with van der Waals surface area (Å²) < 4.78 is 13.1. The first-order valence-electron chi connectivity index (χ1n) is 5.84. The fourth-order valence-corrected chi connectivity index (χ4v) is 1.80. The molecule has 0 fully saturated rings. The number of hydrogen-bond acceptors (Lipinski definition) is 2. The van der Waals surface area contributed by atoms with Crippen molar-refractivity contribution < 1.29 is 4.39 Å². The predicted octanol–water partition coefficient (Wildman–Crippen LogP) is 3.53. The lowest BCUT2D eigenvalue weighted by Gasteiger charge is -2.17. The minimum Gasteiger partial charge on any atom is -0.310 e. The van der Waals surface area contributed by atoms with Crippen LogP contribution in [0.25, 0.3) is 11.3 Å². The molecule has 0 aliphatic carbocycles. The molecule has 5 heteroatoms. The molecule has 1 heterocycles. The molecule has 0 spiro atoms. The summed E-state index contributed by atoms with van der Waals surface area (Å²) in [6.45, 7) is 5.85. The van der Waals surface area contributed by atoms with Crippen LogP contribution in [0.3, 0.4) is 0 Å². The van der Waals surface area contributed by atoms with Gasteiger partial charge >= 0.3 is 0 Å². The number of nitrogens with one attached hydrogen (secondary N) is 1. The maximum atomic E-state index is 13.1. The summed E-state index contributed by atoms with van der Waals surface area (Å²) in [6.07, 6.45) is 0. The first-order valence-corrected chi connectivity index (χ1v) is 6.22. The van der Waals surface area contributed by atoms with E-state index < -0.39 is 5.82 Å². The average Bonchev–Trinajstić information content (AvgIpc) is 2.31. The maximum Gasteiger partial charge on any atom is 0.251 e. The molecule has 1 N–H and O–H groups in total. The van der Waals surface area contributed by atoms with Crippen molar-refractivity contribution in [2.75, 3.05) is 0 Å². The van der Waals surface area contributed by atoms with Crippen molar-refractivity contribution in [3.63, 3.8) is 0 Å². The Labute approximate surface area is 115 Å². The van der Waals surface area contributed by atoms with E-state index in [-0.39, 0.29) is 16.0 Å². The Balaban J connectivity index is 2.59. The second-order valence-corrected chi connectivity index (χ2v) is 5.77. The van der Waals surface area contributed by atoms with Gasteiger partial charge in [-0.05, 0) is 18.2 Å². The topological polar surface area (TPSA) is 45.8 Å². The Morgan fingerprint density at radius 1 is 1.26 bits per heavy atom. The van der Waals surface area contributed by atoms with E-state index in [0.29, 0.717) is 17.1 Å². The summed E-state index contributed by atoms with van der Waals surface area (Å²) in [7, 11) is 0. The van der Waals surface area contributed by atoms with E-state index in [4.69, 9.17) is 11.6 Å². The molecule has 0 atom stereocenters. The summed E-state index contributed by atoms with van der Waals surface area (Å²) in [5, 5.41) is 0.0110. The molecule has 0 bridgehead atoms. The van der Waals surface area contributed by atoms with Gasteiger partial charge in [0.15, 0.2) is 0 Å². The molecule has 2 rings (SSSR count). The summed E-state index contributed by atoms with van der Waals surface area (Å²) >= 11 is 5.74. The van der Waals surface area contributed by atoms with Gasteiger partial charge in [0.1, 0.15) is 11.6 Å². The molecule has 100 valence electrons. The zero-order valence-electron chi connectivity index (χ0n) is 10.9. The Morgan fingerprint density at radius 2 is 1.95 bits per heavy atom. The normalized spacial score (nSPS) is 11.6. The van der Waals surface area contributed by atoms with E-state index in [1.165, 1.54) is 18.2 Å². The third kappa shape index (κ3) is 3.01. The lowest BCUT2D eigenvalue weighted by Crippen LogP contribution is -2.21. The Hall–Kier alpha value is -1.68. The molecule has 19 heavy (non-hydrogen) atoms. The average molecular weight is 281 g/mol. The van der Waals surface area contributed by atoms with E-state index in [9.17, 15) is 9.18 Å². The van der Waals surface area contributed by atoms with Gasteiger partial charge in [-0.1, -0.05) is 32.4 Å². The van der Waals surface area contributed by atoms with Crippen molar-refractivity contribution >= 4 is 11.6 Å². The number of aromatic nitrogens is 2. The second kappa shape index (κ2) is 4.78. The summed E-state index contributed by atoms with van der Waals surface area (Å²) in [5.41, 5.74) is 0.577. The van der Waals surface area contributed by atoms with E-state index in [1.807, 2.05) is 20.8 Å². The number of aromatic amines is 1. The molecule has 1 aromatic heterocycles. The van der Waals surface area contributed by atoms with Crippen LogP contribution in [0.4, 0.5) is 4.39 Å². The van der Waals surface area contributed by atoms with Crippen molar-refractivity contribution in [3.05, 3.63) is 51.3 Å². The van der Waals surface area contributed by atoms with E-state index in [1.54, 1.807) is 6.07 Å². The zero-order valence-corrected chi connectivity index (χ0v) is 11.7. The van der Waals surface area contributed by atoms with Crippen molar-refractivity contribution in [1.29, 1.82) is 0 Å². The van der Waals surface area contributed by atoms with Gasteiger partial charge in [0.2, 0.25) is 0 Å². The lowest BCUT2D eigenvalue weighted by molar-refractivity contribution is 0.543. The molecule has 0 saturated carbocycles. The number of nitrogens with zero attached hydrogens (tertiary/aromatic N) is 1. The Bertz CT molecular complexity index is 674. The highest BCUT2D eigenvalue weighted by molar-refractivity contribution is 6.31. The fourth-order valence-electron chi connectivity index (χ4n) is 1.62. The molecule has 0 saturated heterocycles. The standard InChI is InChI=1S/C14H14ClFN2O/c1-14(2,3)13-17-11(7-12(19)18-13)8-4-5-10(16)9(15)6-8/h4-7H,1-3H3,(H,17,18,19). The fraction of sp³-hybridized carbons (Fsp3) is 0.286. The van der Waals surface area contributed by atoms with Gasteiger partial charge in [-0.3, -0.25) is 4.79 Å². The molecule has 1 aromatic carbocycles. The maximum absolute atomic E-state index is 13.1. The number of benzene rings is 1. The SMILES string of the molecule is CC(C)(C)c1nc(-c2ccc(F)c(Cl)c2)cc(=O)[nH]1. The highest BCUT2D eigenvalue weighted by Crippen LogP contribution is 2.24. The summed E-state index contributed by atoms with van der Waals surface area (Å²) in [4.78, 5) is 18.8. The minimum atomic E-state index is -0.494. The molecular formula is C14H14ClFN2O. The smallest absolute Gasteiger partial charge is 0.251 e. The number of hydrogen-bond donors (Lipinski definition) is 1. The molecule has 2 aromatic rings. The molecule has 0 unspecified atom stereocenters. The first kappa shape index (κ1) is 13.7. The van der Waals surface area contributed by atoms with Gasteiger partial charge < -0.3 is 4.98 Å². The van der Waals surface area contributed by atoms with Crippen LogP contribution in [0.5, 0.6) is 0 Å². The van der Waals surface area contributed by atoms with Gasteiger partial charge in [0.25, 0.3) is 5.56 Å². The minimum absolute atomic E-state index is 0.0110. The van der Waals surface area contributed by atoms with Crippen molar-refractivity contribution in [2.45, 2.75) is 26.2 Å². The van der Waals surface area contributed by atoms with Crippen LogP contribution in [-0.2, 0) is 5.41 Å². The van der Waals surface area contributed by atoms with Crippen LogP contribution in [-0.4, -0.2) is 9.97 Å². The third-order valence-corrected chi connectivity index (χ3v) is 2.96. The summed E-state index contributed by atoms with van der Waals surface area (Å²) in [6, 6.07) is 5.65. The monoisotopic (exact) mass is 280 g/mol. The van der Waals surface area contributed by atoms with Crippen LogP contribution in [0, 0.1) is 5.82 Å². The van der Waals surface area contributed by atoms with E-state index in [0.717, 1.165) is 0 Å². The second-order valence-electron chi connectivity index (χ2n) is 5.36. The predicted molar refractivity (Wildman–Crippen MR) is 74.0 cm³/mol.